The van der Waals surface area contributed by atoms with Gasteiger partial charge in [-0.15, -0.1) is 0 Å². The second kappa shape index (κ2) is 9.77. The number of amides is 2. The Labute approximate surface area is 189 Å². The third-order valence-corrected chi connectivity index (χ3v) is 6.03. The number of hydrogen-bond acceptors (Lipinski definition) is 3. The predicted molar refractivity (Wildman–Crippen MR) is 126 cm³/mol. The van der Waals surface area contributed by atoms with Crippen molar-refractivity contribution in [3.05, 3.63) is 89.1 Å². The molecule has 0 saturated carbocycles. The second-order valence-electron chi connectivity index (χ2n) is 8.56. The molecule has 0 spiro atoms. The minimum Gasteiger partial charge on any atom is -0.352 e. The average Bonchev–Trinajstić information content (AvgIpc) is 2.83. The normalized spacial score (nSPS) is 15.9. The molecule has 0 aliphatic carbocycles. The highest BCUT2D eigenvalue weighted by molar-refractivity contribution is 6.00. The molecule has 2 heterocycles. The van der Waals surface area contributed by atoms with E-state index in [1.54, 1.807) is 17.2 Å². The van der Waals surface area contributed by atoms with Gasteiger partial charge in [0.15, 0.2) is 0 Å². The number of hydrogen-bond donors (Lipinski definition) is 1. The van der Waals surface area contributed by atoms with E-state index in [9.17, 15) is 9.59 Å². The van der Waals surface area contributed by atoms with Crippen LogP contribution in [0.4, 0.5) is 0 Å². The molecule has 1 unspecified atom stereocenters. The summed E-state index contributed by atoms with van der Waals surface area (Å²) in [4.78, 5) is 32.5. The second-order valence-corrected chi connectivity index (χ2v) is 8.56. The predicted octanol–water partition coefficient (Wildman–Crippen LogP) is 4.53. The molecule has 0 radical (unpaired) electrons. The van der Waals surface area contributed by atoms with Crippen LogP contribution in [-0.4, -0.2) is 34.8 Å². The molecule has 2 aromatic carbocycles. The number of piperidine rings is 1. The number of rotatable bonds is 5. The summed E-state index contributed by atoms with van der Waals surface area (Å²) in [6.07, 6.45) is 3.32. The molecule has 2 amide bonds. The highest BCUT2D eigenvalue weighted by Crippen LogP contribution is 2.25. The molecule has 164 valence electrons. The van der Waals surface area contributed by atoms with E-state index in [-0.39, 0.29) is 17.7 Å². The molecular formula is C27H29N3O2. The summed E-state index contributed by atoms with van der Waals surface area (Å²) in [7, 11) is 0. The van der Waals surface area contributed by atoms with Crippen molar-refractivity contribution in [2.45, 2.75) is 33.2 Å². The molecule has 1 atom stereocenters. The molecule has 1 N–H and O–H groups in total. The van der Waals surface area contributed by atoms with Crippen LogP contribution >= 0.6 is 0 Å². The number of aromatic nitrogens is 1. The summed E-state index contributed by atoms with van der Waals surface area (Å²) >= 11 is 0. The minimum atomic E-state index is -0.197. The Balaban J connectivity index is 1.44. The zero-order valence-corrected chi connectivity index (χ0v) is 18.7. The fourth-order valence-corrected chi connectivity index (χ4v) is 4.10. The van der Waals surface area contributed by atoms with Gasteiger partial charge in [-0.2, -0.15) is 0 Å². The summed E-state index contributed by atoms with van der Waals surface area (Å²) in [5.41, 5.74) is 5.62. The molecule has 1 aromatic heterocycles. The van der Waals surface area contributed by atoms with Gasteiger partial charge in [-0.3, -0.25) is 14.6 Å². The fourth-order valence-electron chi connectivity index (χ4n) is 4.10. The van der Waals surface area contributed by atoms with Crippen molar-refractivity contribution in [2.75, 3.05) is 13.1 Å². The molecule has 3 aromatic rings. The lowest BCUT2D eigenvalue weighted by Gasteiger charge is -2.32. The van der Waals surface area contributed by atoms with E-state index in [1.807, 2.05) is 68.4 Å². The van der Waals surface area contributed by atoms with Crippen LogP contribution in [0.2, 0.25) is 0 Å². The molecule has 32 heavy (non-hydrogen) atoms. The maximum Gasteiger partial charge on any atom is 0.256 e. The first-order chi connectivity index (χ1) is 15.5. The quantitative estimate of drug-likeness (QED) is 0.651. The van der Waals surface area contributed by atoms with Crippen LogP contribution in [0.1, 0.15) is 39.9 Å². The van der Waals surface area contributed by atoms with Crippen molar-refractivity contribution < 1.29 is 9.59 Å². The van der Waals surface area contributed by atoms with E-state index in [1.165, 1.54) is 5.56 Å². The van der Waals surface area contributed by atoms with Crippen molar-refractivity contribution in [2.24, 2.45) is 5.92 Å². The van der Waals surface area contributed by atoms with E-state index in [0.29, 0.717) is 30.9 Å². The molecular weight excluding hydrogens is 398 g/mol. The van der Waals surface area contributed by atoms with Crippen molar-refractivity contribution >= 4 is 11.8 Å². The lowest BCUT2D eigenvalue weighted by molar-refractivity contribution is -0.126. The van der Waals surface area contributed by atoms with Gasteiger partial charge in [0.2, 0.25) is 5.91 Å². The molecule has 1 fully saturated rings. The Kier molecular flexibility index (Phi) is 6.64. The number of aryl methyl sites for hydroxylation is 2. The summed E-state index contributed by atoms with van der Waals surface area (Å²) in [6, 6.07) is 19.8. The van der Waals surface area contributed by atoms with E-state index in [4.69, 9.17) is 0 Å². The third-order valence-electron chi connectivity index (χ3n) is 6.03. The lowest BCUT2D eigenvalue weighted by Crippen LogP contribution is -2.45. The van der Waals surface area contributed by atoms with Gasteiger partial charge in [0.1, 0.15) is 0 Å². The van der Waals surface area contributed by atoms with E-state index < -0.39 is 0 Å². The van der Waals surface area contributed by atoms with Gasteiger partial charge in [0.25, 0.3) is 5.91 Å². The number of nitrogens with zero attached hydrogens (tertiary/aromatic N) is 2. The Bertz CT molecular complexity index is 1090. The van der Waals surface area contributed by atoms with Crippen LogP contribution in [0.15, 0.2) is 66.9 Å². The van der Waals surface area contributed by atoms with Crippen LogP contribution in [0.5, 0.6) is 0 Å². The van der Waals surface area contributed by atoms with Gasteiger partial charge in [-0.25, -0.2) is 0 Å². The topological polar surface area (TPSA) is 62.3 Å². The van der Waals surface area contributed by atoms with Gasteiger partial charge in [0, 0.05) is 31.4 Å². The number of carbonyl (C=O) groups excluding carboxylic acids is 2. The Hall–Kier alpha value is -3.47. The largest absolute Gasteiger partial charge is 0.352 e. The fraction of sp³-hybridized carbons (Fsp3) is 0.296. The Morgan fingerprint density at radius 1 is 1.00 bits per heavy atom. The number of likely N-dealkylation sites (tertiary alicyclic amines) is 1. The molecule has 1 aliphatic rings. The highest BCUT2D eigenvalue weighted by atomic mass is 16.2. The first-order valence-electron chi connectivity index (χ1n) is 11.2. The number of pyridine rings is 1. The Morgan fingerprint density at radius 2 is 1.69 bits per heavy atom. The number of carbonyl (C=O) groups is 2. The van der Waals surface area contributed by atoms with Crippen LogP contribution in [0.3, 0.4) is 0 Å². The van der Waals surface area contributed by atoms with Gasteiger partial charge in [-0.05, 0) is 44.4 Å². The maximum absolute atomic E-state index is 13.4. The molecule has 5 heteroatoms. The van der Waals surface area contributed by atoms with Crippen LogP contribution in [0, 0.1) is 19.8 Å². The van der Waals surface area contributed by atoms with Crippen molar-refractivity contribution in [1.29, 1.82) is 0 Å². The summed E-state index contributed by atoms with van der Waals surface area (Å²) in [6.45, 7) is 5.67. The van der Waals surface area contributed by atoms with Crippen molar-refractivity contribution in [3.63, 3.8) is 0 Å². The maximum atomic E-state index is 13.4. The van der Waals surface area contributed by atoms with Crippen LogP contribution in [0.25, 0.3) is 11.3 Å². The van der Waals surface area contributed by atoms with Crippen molar-refractivity contribution in [3.8, 4) is 11.3 Å². The van der Waals surface area contributed by atoms with Crippen LogP contribution in [-0.2, 0) is 11.3 Å². The summed E-state index contributed by atoms with van der Waals surface area (Å²) in [5, 5.41) is 3.04. The summed E-state index contributed by atoms with van der Waals surface area (Å²) in [5.74, 6) is -0.254. The van der Waals surface area contributed by atoms with Gasteiger partial charge < -0.3 is 10.2 Å². The van der Waals surface area contributed by atoms with E-state index in [0.717, 1.165) is 29.5 Å². The average molecular weight is 428 g/mol. The Morgan fingerprint density at radius 3 is 2.41 bits per heavy atom. The highest BCUT2D eigenvalue weighted by Gasteiger charge is 2.30. The lowest BCUT2D eigenvalue weighted by atomic mass is 9.95. The molecule has 0 bridgehead atoms. The zero-order valence-electron chi connectivity index (χ0n) is 18.7. The molecule has 1 saturated heterocycles. The van der Waals surface area contributed by atoms with E-state index in [2.05, 4.69) is 10.3 Å². The standard InChI is InChI=1S/C27H29N3O2/c1-19-7-11-21(12-8-19)17-29-26(31)23-5-4-16-30(18-23)27(32)24-6-3-15-28-25(24)22-13-9-20(2)10-14-22/h3,6-15,23H,4-5,16-18H2,1-2H3,(H,29,31). The zero-order chi connectivity index (χ0) is 22.5. The van der Waals surface area contributed by atoms with Crippen LogP contribution < -0.4 is 5.32 Å². The SMILES string of the molecule is Cc1ccc(CNC(=O)C2CCCN(C(=O)c3cccnc3-c3ccc(C)cc3)C2)cc1. The number of nitrogens with one attached hydrogen (secondary N) is 1. The first-order valence-corrected chi connectivity index (χ1v) is 11.2. The van der Waals surface area contributed by atoms with E-state index >= 15 is 0 Å². The first kappa shape index (κ1) is 21.8. The molecule has 4 rings (SSSR count). The molecule has 5 nitrogen and oxygen atoms in total. The monoisotopic (exact) mass is 427 g/mol. The minimum absolute atomic E-state index is 0.00743. The van der Waals surface area contributed by atoms with Gasteiger partial charge in [-0.1, -0.05) is 59.7 Å². The van der Waals surface area contributed by atoms with Gasteiger partial charge in [0.05, 0.1) is 17.2 Å². The number of benzene rings is 2. The third kappa shape index (κ3) is 5.05. The van der Waals surface area contributed by atoms with Crippen molar-refractivity contribution in [1.82, 2.24) is 15.2 Å². The molecule has 1 aliphatic heterocycles. The van der Waals surface area contributed by atoms with Gasteiger partial charge >= 0.3 is 0 Å². The summed E-state index contributed by atoms with van der Waals surface area (Å²) < 4.78 is 0. The smallest absolute Gasteiger partial charge is 0.256 e.